The molecule has 0 saturated carbocycles. The minimum atomic E-state index is -1.33. The van der Waals surface area contributed by atoms with Gasteiger partial charge < -0.3 is 10.3 Å². The van der Waals surface area contributed by atoms with Crippen molar-refractivity contribution in [2.75, 3.05) is 5.73 Å². The number of halogens is 1. The van der Waals surface area contributed by atoms with Crippen LogP contribution < -0.4 is 5.73 Å². The highest BCUT2D eigenvalue weighted by atomic mass is 19.1. The lowest BCUT2D eigenvalue weighted by atomic mass is 10.1. The Kier molecular flexibility index (Phi) is 2.00. The Hall–Kier alpha value is -1.51. The predicted octanol–water partition coefficient (Wildman–Crippen LogP) is 2.97. The molecule has 0 aliphatic rings. The van der Waals surface area contributed by atoms with Crippen LogP contribution in [0.15, 0.2) is 24.3 Å². The summed E-state index contributed by atoms with van der Waals surface area (Å²) in [6.07, 6.45) is 0. The molecule has 0 aliphatic carbocycles. The molecular formula is C12H15FN2. The number of alkyl halides is 1. The number of hydrogen-bond donors (Lipinski definition) is 1. The fraction of sp³-hybridized carbons (Fsp3) is 0.333. The van der Waals surface area contributed by atoms with E-state index in [0.717, 1.165) is 10.9 Å². The highest BCUT2D eigenvalue weighted by Crippen LogP contribution is 2.30. The van der Waals surface area contributed by atoms with Crippen LogP contribution in [0.5, 0.6) is 0 Å². The molecule has 0 radical (unpaired) electrons. The number of nitrogens with zero attached hydrogens (tertiary/aromatic N) is 1. The molecule has 2 aromatic rings. The second-order valence-corrected chi connectivity index (χ2v) is 4.38. The molecule has 0 bridgehead atoms. The van der Waals surface area contributed by atoms with Crippen molar-refractivity contribution in [3.8, 4) is 0 Å². The number of benzene rings is 1. The molecule has 0 atom stereocenters. The molecule has 0 aliphatic heterocycles. The summed E-state index contributed by atoms with van der Waals surface area (Å²) < 4.78 is 15.7. The van der Waals surface area contributed by atoms with Crippen molar-refractivity contribution in [1.29, 1.82) is 0 Å². The van der Waals surface area contributed by atoms with Gasteiger partial charge in [0.05, 0.1) is 5.69 Å². The molecule has 0 fully saturated rings. The van der Waals surface area contributed by atoms with Crippen LogP contribution in [-0.2, 0) is 12.7 Å². The van der Waals surface area contributed by atoms with Crippen molar-refractivity contribution in [1.82, 2.24) is 4.57 Å². The van der Waals surface area contributed by atoms with Crippen molar-refractivity contribution in [2.24, 2.45) is 7.05 Å². The van der Waals surface area contributed by atoms with Crippen molar-refractivity contribution in [3.05, 3.63) is 30.0 Å². The average molecular weight is 206 g/mol. The quantitative estimate of drug-likeness (QED) is 0.714. The molecule has 80 valence electrons. The van der Waals surface area contributed by atoms with Gasteiger partial charge in [-0.2, -0.15) is 0 Å². The number of anilines is 1. The van der Waals surface area contributed by atoms with Gasteiger partial charge in [0.2, 0.25) is 0 Å². The molecular weight excluding hydrogens is 191 g/mol. The van der Waals surface area contributed by atoms with E-state index in [0.29, 0.717) is 11.4 Å². The lowest BCUT2D eigenvalue weighted by Crippen LogP contribution is -2.13. The smallest absolute Gasteiger partial charge is 0.145 e. The molecule has 0 unspecified atom stereocenters. The maximum absolute atomic E-state index is 13.9. The van der Waals surface area contributed by atoms with Crippen molar-refractivity contribution < 1.29 is 4.39 Å². The summed E-state index contributed by atoms with van der Waals surface area (Å²) in [6, 6.07) is 7.47. The van der Waals surface area contributed by atoms with E-state index >= 15 is 0 Å². The van der Waals surface area contributed by atoms with Gasteiger partial charge in [0, 0.05) is 23.6 Å². The molecule has 0 amide bonds. The zero-order valence-corrected chi connectivity index (χ0v) is 9.21. The van der Waals surface area contributed by atoms with Gasteiger partial charge in [-0.25, -0.2) is 4.39 Å². The first-order valence-electron chi connectivity index (χ1n) is 4.94. The van der Waals surface area contributed by atoms with E-state index in [4.69, 9.17) is 5.73 Å². The van der Waals surface area contributed by atoms with Gasteiger partial charge in [-0.1, -0.05) is 0 Å². The first-order chi connectivity index (χ1) is 6.89. The van der Waals surface area contributed by atoms with E-state index in [1.165, 1.54) is 0 Å². The first kappa shape index (κ1) is 10.0. The lowest BCUT2D eigenvalue weighted by Gasteiger charge is -2.15. The Morgan fingerprint density at radius 2 is 1.93 bits per heavy atom. The van der Waals surface area contributed by atoms with Crippen LogP contribution in [-0.4, -0.2) is 4.57 Å². The van der Waals surface area contributed by atoms with Crippen LogP contribution >= 0.6 is 0 Å². The standard InChI is InChI=1S/C12H15FN2/c1-12(2,13)11-7-8-6-9(14)4-5-10(8)15(11)3/h4-7H,14H2,1-3H3. The summed E-state index contributed by atoms with van der Waals surface area (Å²) in [7, 11) is 1.87. The lowest BCUT2D eigenvalue weighted by molar-refractivity contribution is 0.209. The Morgan fingerprint density at radius 3 is 2.53 bits per heavy atom. The molecule has 0 saturated heterocycles. The molecule has 15 heavy (non-hydrogen) atoms. The van der Waals surface area contributed by atoms with E-state index in [-0.39, 0.29) is 0 Å². The Labute approximate surface area is 88.5 Å². The van der Waals surface area contributed by atoms with Crippen LogP contribution in [0.4, 0.5) is 10.1 Å². The average Bonchev–Trinajstić information content (AvgIpc) is 2.42. The maximum Gasteiger partial charge on any atom is 0.145 e. The molecule has 3 heteroatoms. The summed E-state index contributed by atoms with van der Waals surface area (Å²) in [5.41, 5.74) is 6.74. The second kappa shape index (κ2) is 2.99. The van der Waals surface area contributed by atoms with E-state index in [1.54, 1.807) is 13.8 Å². The Bertz CT molecular complexity index is 506. The number of aryl methyl sites for hydroxylation is 1. The highest BCUT2D eigenvalue weighted by Gasteiger charge is 2.23. The molecule has 1 aromatic heterocycles. The van der Waals surface area contributed by atoms with Crippen LogP contribution in [0.2, 0.25) is 0 Å². The topological polar surface area (TPSA) is 30.9 Å². The van der Waals surface area contributed by atoms with Gasteiger partial charge in [0.15, 0.2) is 0 Å². The minimum absolute atomic E-state index is 0.670. The summed E-state index contributed by atoms with van der Waals surface area (Å²) in [5.74, 6) is 0. The van der Waals surface area contributed by atoms with Crippen LogP contribution in [0, 0.1) is 0 Å². The Balaban J connectivity index is 2.75. The number of fused-ring (bicyclic) bond motifs is 1. The fourth-order valence-electron chi connectivity index (χ4n) is 1.94. The van der Waals surface area contributed by atoms with Gasteiger partial charge in [0.1, 0.15) is 5.67 Å². The minimum Gasteiger partial charge on any atom is -0.399 e. The van der Waals surface area contributed by atoms with Crippen molar-refractivity contribution in [3.63, 3.8) is 0 Å². The number of hydrogen-bond acceptors (Lipinski definition) is 1. The van der Waals surface area contributed by atoms with Gasteiger partial charge >= 0.3 is 0 Å². The third-order valence-corrected chi connectivity index (χ3v) is 2.68. The van der Waals surface area contributed by atoms with Gasteiger partial charge in [-0.15, -0.1) is 0 Å². The highest BCUT2D eigenvalue weighted by molar-refractivity contribution is 5.84. The molecule has 0 spiro atoms. The van der Waals surface area contributed by atoms with Crippen LogP contribution in [0.1, 0.15) is 19.5 Å². The summed E-state index contributed by atoms with van der Waals surface area (Å²) in [6.45, 7) is 3.12. The van der Waals surface area contributed by atoms with Gasteiger partial charge in [-0.05, 0) is 38.1 Å². The SMILES string of the molecule is Cn1c(C(C)(C)F)cc2cc(N)ccc21. The van der Waals surface area contributed by atoms with E-state index in [1.807, 2.05) is 35.9 Å². The van der Waals surface area contributed by atoms with Crippen molar-refractivity contribution >= 4 is 16.6 Å². The third-order valence-electron chi connectivity index (χ3n) is 2.68. The van der Waals surface area contributed by atoms with E-state index in [9.17, 15) is 4.39 Å². The first-order valence-corrected chi connectivity index (χ1v) is 4.94. The maximum atomic E-state index is 13.9. The molecule has 2 rings (SSSR count). The molecule has 1 aromatic carbocycles. The van der Waals surface area contributed by atoms with Crippen LogP contribution in [0.3, 0.4) is 0 Å². The normalized spacial score (nSPS) is 12.3. The largest absolute Gasteiger partial charge is 0.399 e. The molecule has 2 N–H and O–H groups in total. The number of rotatable bonds is 1. The summed E-state index contributed by atoms with van der Waals surface area (Å²) in [5, 5.41) is 0.984. The molecule has 2 nitrogen and oxygen atoms in total. The van der Waals surface area contributed by atoms with Gasteiger partial charge in [-0.3, -0.25) is 0 Å². The number of nitrogen functional groups attached to an aromatic ring is 1. The van der Waals surface area contributed by atoms with Crippen molar-refractivity contribution in [2.45, 2.75) is 19.5 Å². The summed E-state index contributed by atoms with van der Waals surface area (Å²) in [4.78, 5) is 0. The third kappa shape index (κ3) is 1.58. The monoisotopic (exact) mass is 206 g/mol. The summed E-state index contributed by atoms with van der Waals surface area (Å²) >= 11 is 0. The van der Waals surface area contributed by atoms with E-state index in [2.05, 4.69) is 0 Å². The predicted molar refractivity (Wildman–Crippen MR) is 61.5 cm³/mol. The molecule has 1 heterocycles. The van der Waals surface area contributed by atoms with Crippen LogP contribution in [0.25, 0.3) is 10.9 Å². The van der Waals surface area contributed by atoms with E-state index < -0.39 is 5.67 Å². The zero-order chi connectivity index (χ0) is 11.2. The number of nitrogens with two attached hydrogens (primary N) is 1. The number of aromatic nitrogens is 1. The Morgan fingerprint density at radius 1 is 1.27 bits per heavy atom. The zero-order valence-electron chi connectivity index (χ0n) is 9.21. The van der Waals surface area contributed by atoms with Gasteiger partial charge in [0.25, 0.3) is 0 Å². The fourth-order valence-corrected chi connectivity index (χ4v) is 1.94. The second-order valence-electron chi connectivity index (χ2n) is 4.38.